The van der Waals surface area contributed by atoms with Gasteiger partial charge in [0.25, 0.3) is 17.7 Å². The van der Waals surface area contributed by atoms with Gasteiger partial charge in [0.2, 0.25) is 11.8 Å². The first kappa shape index (κ1) is 32.5. The van der Waals surface area contributed by atoms with Crippen LogP contribution in [0.4, 0.5) is 0 Å². The lowest BCUT2D eigenvalue weighted by molar-refractivity contribution is -0.146. The Labute approximate surface area is 287 Å². The van der Waals surface area contributed by atoms with E-state index in [-0.39, 0.29) is 36.9 Å². The number of hydrogen-bond donors (Lipinski definition) is 1. The quantitative estimate of drug-likeness (QED) is 0.280. The van der Waals surface area contributed by atoms with Gasteiger partial charge in [0.15, 0.2) is 0 Å². The van der Waals surface area contributed by atoms with Crippen molar-refractivity contribution in [1.29, 1.82) is 5.26 Å². The minimum atomic E-state index is -0.726. The van der Waals surface area contributed by atoms with Gasteiger partial charge >= 0.3 is 0 Å². The van der Waals surface area contributed by atoms with Crippen LogP contribution < -0.4 is 10.1 Å². The van der Waals surface area contributed by atoms with Crippen molar-refractivity contribution in [3.05, 3.63) is 81.3 Å². The molecule has 49 heavy (non-hydrogen) atoms. The van der Waals surface area contributed by atoms with E-state index in [2.05, 4.69) is 10.3 Å². The van der Waals surface area contributed by atoms with Gasteiger partial charge in [-0.2, -0.15) is 5.26 Å². The summed E-state index contributed by atoms with van der Waals surface area (Å²) in [7, 11) is 0. The van der Waals surface area contributed by atoms with E-state index in [9.17, 15) is 24.0 Å². The highest BCUT2D eigenvalue weighted by Gasteiger charge is 2.45. The lowest BCUT2D eigenvalue weighted by Crippen LogP contribution is -2.51. The van der Waals surface area contributed by atoms with Crippen LogP contribution in [-0.4, -0.2) is 88.0 Å². The maximum Gasteiger partial charge on any atom is 0.265 e. The fraction of sp³-hybridized carbons (Fsp3) is 0.417. The van der Waals surface area contributed by atoms with Gasteiger partial charge in [-0.15, -0.1) is 11.3 Å². The van der Waals surface area contributed by atoms with Gasteiger partial charge in [0.1, 0.15) is 23.3 Å². The van der Waals surface area contributed by atoms with Crippen LogP contribution in [0.15, 0.2) is 54.2 Å². The van der Waals surface area contributed by atoms with Crippen molar-refractivity contribution in [3.63, 3.8) is 0 Å². The smallest absolute Gasteiger partial charge is 0.265 e. The largest absolute Gasteiger partial charge is 0.488 e. The number of amides is 5. The molecular formula is C36H36N6O6S. The van der Waals surface area contributed by atoms with Crippen molar-refractivity contribution < 1.29 is 28.7 Å². The SMILES string of the molecule is N#CCNC(=O)[C@H]1CCCC[C@H]1C(=O)N1CCc2cccc(O[C@H]3CCN(C(=O)c4cncs4)C3)c2C1CN1C(=O)c2ccccc2C1=O. The molecule has 1 N–H and O–H groups in total. The lowest BCUT2D eigenvalue weighted by atomic mass is 9.77. The number of benzene rings is 2. The zero-order valence-corrected chi connectivity index (χ0v) is 27.7. The molecule has 12 nitrogen and oxygen atoms in total. The van der Waals surface area contributed by atoms with E-state index in [1.165, 1.54) is 16.2 Å². The van der Waals surface area contributed by atoms with Crippen molar-refractivity contribution >= 4 is 40.9 Å². The number of carbonyl (C=O) groups excluding carboxylic acids is 5. The second kappa shape index (κ2) is 13.8. The van der Waals surface area contributed by atoms with Crippen LogP contribution >= 0.6 is 11.3 Å². The van der Waals surface area contributed by atoms with E-state index in [0.717, 1.165) is 24.0 Å². The number of likely N-dealkylation sites (tertiary alicyclic amines) is 1. The topological polar surface area (TPSA) is 153 Å². The van der Waals surface area contributed by atoms with Crippen LogP contribution in [0.25, 0.3) is 0 Å². The van der Waals surface area contributed by atoms with E-state index < -0.39 is 29.7 Å². The second-order valence-electron chi connectivity index (χ2n) is 12.9. The molecule has 13 heteroatoms. The Balaban J connectivity index is 1.21. The van der Waals surface area contributed by atoms with Crippen LogP contribution in [0.2, 0.25) is 0 Å². The molecule has 3 aliphatic heterocycles. The molecule has 4 heterocycles. The number of rotatable bonds is 8. The summed E-state index contributed by atoms with van der Waals surface area (Å²) in [5, 5.41) is 11.7. The first-order chi connectivity index (χ1) is 23.9. The number of fused-ring (bicyclic) bond motifs is 2. The average molecular weight is 681 g/mol. The van der Waals surface area contributed by atoms with Crippen LogP contribution in [0.3, 0.4) is 0 Å². The van der Waals surface area contributed by atoms with Gasteiger partial charge in [-0.1, -0.05) is 37.1 Å². The maximum atomic E-state index is 14.6. The summed E-state index contributed by atoms with van der Waals surface area (Å²) in [4.78, 5) is 77.3. The molecule has 2 fully saturated rings. The Hall–Kier alpha value is -5.09. The minimum absolute atomic E-state index is 0.0792. The van der Waals surface area contributed by atoms with Gasteiger partial charge < -0.3 is 19.9 Å². The molecule has 0 radical (unpaired) electrons. The van der Waals surface area contributed by atoms with Gasteiger partial charge in [0.05, 0.1) is 48.0 Å². The van der Waals surface area contributed by atoms with Crippen LogP contribution in [0.1, 0.15) is 79.7 Å². The van der Waals surface area contributed by atoms with Crippen LogP contribution in [0.5, 0.6) is 5.75 Å². The van der Waals surface area contributed by atoms with Gasteiger partial charge in [-0.25, -0.2) is 0 Å². The number of ether oxygens (including phenoxy) is 1. The molecular weight excluding hydrogens is 644 g/mol. The Morgan fingerprint density at radius 2 is 1.73 bits per heavy atom. The Morgan fingerprint density at radius 1 is 0.980 bits per heavy atom. The number of nitriles is 1. The molecule has 7 rings (SSSR count). The van der Waals surface area contributed by atoms with Crippen LogP contribution in [-0.2, 0) is 16.0 Å². The third-order valence-electron chi connectivity index (χ3n) is 10.1. The van der Waals surface area contributed by atoms with E-state index in [4.69, 9.17) is 10.00 Å². The Bertz CT molecular complexity index is 1800. The van der Waals surface area contributed by atoms with E-state index >= 15 is 0 Å². The third-order valence-corrected chi connectivity index (χ3v) is 10.9. The first-order valence-corrected chi connectivity index (χ1v) is 17.6. The van der Waals surface area contributed by atoms with Crippen molar-refractivity contribution in [1.82, 2.24) is 25.0 Å². The number of imide groups is 1. The normalized spacial score (nSPS) is 23.1. The zero-order valence-electron chi connectivity index (χ0n) is 26.9. The number of nitrogens with zero attached hydrogens (tertiary/aromatic N) is 5. The summed E-state index contributed by atoms with van der Waals surface area (Å²) in [6.45, 7) is 1.03. The monoisotopic (exact) mass is 680 g/mol. The van der Waals surface area contributed by atoms with Crippen molar-refractivity contribution in [2.75, 3.05) is 32.7 Å². The Morgan fingerprint density at radius 3 is 2.45 bits per heavy atom. The molecule has 0 spiro atoms. The molecule has 2 aromatic carbocycles. The highest BCUT2D eigenvalue weighted by atomic mass is 32.1. The third kappa shape index (κ3) is 6.17. The van der Waals surface area contributed by atoms with E-state index in [0.29, 0.717) is 67.1 Å². The van der Waals surface area contributed by atoms with Gasteiger partial charge in [0, 0.05) is 36.9 Å². The van der Waals surface area contributed by atoms with Crippen molar-refractivity contribution in [2.45, 2.75) is 50.7 Å². The molecule has 5 amide bonds. The van der Waals surface area contributed by atoms with Gasteiger partial charge in [-0.05, 0) is 43.0 Å². The number of carbonyl (C=O) groups is 5. The summed E-state index contributed by atoms with van der Waals surface area (Å²) in [5.41, 5.74) is 3.95. The molecule has 1 unspecified atom stereocenters. The highest BCUT2D eigenvalue weighted by Crippen LogP contribution is 2.42. The number of thiazole rings is 1. The molecule has 3 aromatic rings. The summed E-state index contributed by atoms with van der Waals surface area (Å²) in [5.74, 6) is -2.09. The molecule has 1 aromatic heterocycles. The van der Waals surface area contributed by atoms with Crippen LogP contribution in [0, 0.1) is 23.2 Å². The predicted molar refractivity (Wildman–Crippen MR) is 178 cm³/mol. The summed E-state index contributed by atoms with van der Waals surface area (Å²) >= 11 is 1.29. The molecule has 4 atom stereocenters. The Kier molecular flexibility index (Phi) is 9.14. The fourth-order valence-electron chi connectivity index (χ4n) is 7.75. The second-order valence-corrected chi connectivity index (χ2v) is 13.8. The van der Waals surface area contributed by atoms with Crippen molar-refractivity contribution in [3.8, 4) is 11.8 Å². The highest BCUT2D eigenvalue weighted by molar-refractivity contribution is 7.11. The first-order valence-electron chi connectivity index (χ1n) is 16.7. The maximum absolute atomic E-state index is 14.6. The zero-order chi connectivity index (χ0) is 34.1. The average Bonchev–Trinajstić information content (AvgIpc) is 3.89. The lowest BCUT2D eigenvalue weighted by Gasteiger charge is -2.43. The number of nitrogens with one attached hydrogen (secondary N) is 1. The summed E-state index contributed by atoms with van der Waals surface area (Å²) in [6, 6.07) is 13.6. The molecule has 252 valence electrons. The van der Waals surface area contributed by atoms with Gasteiger partial charge in [-0.3, -0.25) is 33.9 Å². The van der Waals surface area contributed by atoms with Crippen molar-refractivity contribution in [2.24, 2.45) is 11.8 Å². The molecule has 4 aliphatic rings. The summed E-state index contributed by atoms with van der Waals surface area (Å²) < 4.78 is 6.63. The van der Waals surface area contributed by atoms with E-state index in [1.54, 1.807) is 45.8 Å². The molecule has 1 aliphatic carbocycles. The molecule has 0 bridgehead atoms. The number of hydrogen-bond acceptors (Lipinski definition) is 9. The number of aromatic nitrogens is 1. The van der Waals surface area contributed by atoms with E-state index in [1.807, 2.05) is 24.3 Å². The minimum Gasteiger partial charge on any atom is -0.488 e. The fourth-order valence-corrected chi connectivity index (χ4v) is 8.34. The summed E-state index contributed by atoms with van der Waals surface area (Å²) in [6.07, 6.45) is 5.05. The predicted octanol–water partition coefficient (Wildman–Crippen LogP) is 3.60. The standard InChI is InChI=1S/C36H36N6O6S/c37-14-15-39-32(43)24-7-1-2-8-25(24)33(44)41-17-12-22-6-5-11-29(48-23-13-16-40(19-23)36(47)30-18-38-21-49-30)31(22)28(41)20-42-34(45)26-9-3-4-10-27(26)35(42)46/h3-6,9-11,18,21,23-25,28H,1-2,7-8,12-13,15-17,19-20H2,(H,39,43)/t23-,24-,25+,28?/m0/s1. The molecule has 1 saturated heterocycles. The molecule has 1 saturated carbocycles.